The first-order valence-electron chi connectivity index (χ1n) is 6.04. The standard InChI is InChI=1S/C13H18F2N2O2.ClH/c1-9(8-16-2)13(18)17-5-6-19-10-3-4-11(14)12(15)7-10;/h3-4,7,9,16H,5-6,8H2,1-2H3,(H,17,18);1H. The van der Waals surface area contributed by atoms with Gasteiger partial charge in [-0.1, -0.05) is 6.92 Å². The van der Waals surface area contributed by atoms with Crippen molar-refractivity contribution in [3.63, 3.8) is 0 Å². The smallest absolute Gasteiger partial charge is 0.224 e. The number of carbonyl (C=O) groups is 1. The second kappa shape index (κ2) is 9.50. The zero-order valence-electron chi connectivity index (χ0n) is 11.4. The number of carbonyl (C=O) groups excluding carboxylic acids is 1. The number of amides is 1. The first-order valence-corrected chi connectivity index (χ1v) is 6.04. The molecule has 1 aromatic rings. The van der Waals surface area contributed by atoms with Gasteiger partial charge in [-0.2, -0.15) is 0 Å². The van der Waals surface area contributed by atoms with Gasteiger partial charge in [0.2, 0.25) is 5.91 Å². The van der Waals surface area contributed by atoms with Gasteiger partial charge < -0.3 is 15.4 Å². The number of hydrogen-bond acceptors (Lipinski definition) is 3. The summed E-state index contributed by atoms with van der Waals surface area (Å²) in [5.74, 6) is -1.85. The number of benzene rings is 1. The Hall–Kier alpha value is -1.40. The van der Waals surface area contributed by atoms with Crippen molar-refractivity contribution in [1.82, 2.24) is 10.6 Å². The molecule has 7 heteroatoms. The Morgan fingerprint density at radius 3 is 2.65 bits per heavy atom. The van der Waals surface area contributed by atoms with E-state index in [2.05, 4.69) is 10.6 Å². The molecule has 1 amide bonds. The van der Waals surface area contributed by atoms with Crippen molar-refractivity contribution in [3.05, 3.63) is 29.8 Å². The van der Waals surface area contributed by atoms with Crippen LogP contribution in [0.15, 0.2) is 18.2 Å². The van der Waals surface area contributed by atoms with E-state index in [1.54, 1.807) is 7.05 Å². The fraction of sp³-hybridized carbons (Fsp3) is 0.462. The molecule has 20 heavy (non-hydrogen) atoms. The van der Waals surface area contributed by atoms with E-state index in [9.17, 15) is 13.6 Å². The summed E-state index contributed by atoms with van der Waals surface area (Å²) in [6, 6.07) is 3.31. The highest BCUT2D eigenvalue weighted by molar-refractivity contribution is 5.85. The molecule has 1 unspecified atom stereocenters. The van der Waals surface area contributed by atoms with Crippen LogP contribution in [0.3, 0.4) is 0 Å². The van der Waals surface area contributed by atoms with Gasteiger partial charge in [0.1, 0.15) is 12.4 Å². The summed E-state index contributed by atoms with van der Waals surface area (Å²) in [6.07, 6.45) is 0. The van der Waals surface area contributed by atoms with E-state index < -0.39 is 11.6 Å². The van der Waals surface area contributed by atoms with Gasteiger partial charge in [0.05, 0.1) is 6.54 Å². The summed E-state index contributed by atoms with van der Waals surface area (Å²) in [4.78, 5) is 11.5. The molecule has 4 nitrogen and oxygen atoms in total. The molecule has 0 fully saturated rings. The molecule has 0 spiro atoms. The molecule has 1 atom stereocenters. The van der Waals surface area contributed by atoms with E-state index in [1.165, 1.54) is 6.07 Å². The molecular weight excluding hydrogens is 290 g/mol. The Morgan fingerprint density at radius 2 is 2.05 bits per heavy atom. The predicted molar refractivity (Wildman–Crippen MR) is 75.2 cm³/mol. The zero-order chi connectivity index (χ0) is 14.3. The van der Waals surface area contributed by atoms with Crippen LogP contribution in [-0.4, -0.2) is 32.7 Å². The molecule has 0 saturated heterocycles. The summed E-state index contributed by atoms with van der Waals surface area (Å²) in [5.41, 5.74) is 0. The molecular formula is C13H19ClF2N2O2. The molecule has 0 aliphatic carbocycles. The minimum absolute atomic E-state index is 0. The molecule has 2 N–H and O–H groups in total. The zero-order valence-corrected chi connectivity index (χ0v) is 12.2. The first-order chi connectivity index (χ1) is 9.04. The monoisotopic (exact) mass is 308 g/mol. The minimum Gasteiger partial charge on any atom is -0.492 e. The largest absolute Gasteiger partial charge is 0.492 e. The average molecular weight is 309 g/mol. The van der Waals surface area contributed by atoms with Crippen LogP contribution in [0.1, 0.15) is 6.92 Å². The van der Waals surface area contributed by atoms with Crippen molar-refractivity contribution in [2.24, 2.45) is 5.92 Å². The van der Waals surface area contributed by atoms with E-state index in [-0.39, 0.29) is 36.6 Å². The Balaban J connectivity index is 0.00000361. The Bertz CT molecular complexity index is 433. The van der Waals surface area contributed by atoms with Crippen molar-refractivity contribution in [2.75, 3.05) is 26.7 Å². The second-order valence-electron chi connectivity index (χ2n) is 4.17. The molecule has 1 aromatic carbocycles. The Morgan fingerprint density at radius 1 is 1.35 bits per heavy atom. The van der Waals surface area contributed by atoms with Crippen molar-refractivity contribution >= 4 is 18.3 Å². The molecule has 0 radical (unpaired) electrons. The van der Waals surface area contributed by atoms with Crippen LogP contribution in [0, 0.1) is 17.6 Å². The first kappa shape index (κ1) is 18.6. The molecule has 0 heterocycles. The Kier molecular flexibility index (Phi) is 8.83. The molecule has 0 aliphatic heterocycles. The van der Waals surface area contributed by atoms with Crippen molar-refractivity contribution in [3.8, 4) is 5.75 Å². The molecule has 0 saturated carbocycles. The number of halogens is 3. The number of ether oxygens (including phenoxy) is 1. The molecule has 0 aromatic heterocycles. The van der Waals surface area contributed by atoms with Gasteiger partial charge in [-0.05, 0) is 19.2 Å². The van der Waals surface area contributed by atoms with Gasteiger partial charge in [-0.3, -0.25) is 4.79 Å². The predicted octanol–water partition coefficient (Wildman–Crippen LogP) is 1.74. The van der Waals surface area contributed by atoms with E-state index in [4.69, 9.17) is 4.74 Å². The van der Waals surface area contributed by atoms with Gasteiger partial charge in [0.15, 0.2) is 11.6 Å². The summed E-state index contributed by atoms with van der Waals surface area (Å²) >= 11 is 0. The second-order valence-corrected chi connectivity index (χ2v) is 4.17. The lowest BCUT2D eigenvalue weighted by molar-refractivity contribution is -0.124. The summed E-state index contributed by atoms with van der Waals surface area (Å²) < 4.78 is 30.7. The fourth-order valence-corrected chi connectivity index (χ4v) is 1.48. The van der Waals surface area contributed by atoms with Crippen molar-refractivity contribution < 1.29 is 18.3 Å². The van der Waals surface area contributed by atoms with Crippen LogP contribution in [0.5, 0.6) is 5.75 Å². The summed E-state index contributed by atoms with van der Waals surface area (Å²) in [5, 5.41) is 5.60. The van der Waals surface area contributed by atoms with E-state index in [1.807, 2.05) is 6.92 Å². The lowest BCUT2D eigenvalue weighted by Crippen LogP contribution is -2.36. The van der Waals surface area contributed by atoms with Crippen molar-refractivity contribution in [1.29, 1.82) is 0 Å². The van der Waals surface area contributed by atoms with Crippen LogP contribution in [0.2, 0.25) is 0 Å². The highest BCUT2D eigenvalue weighted by atomic mass is 35.5. The lowest BCUT2D eigenvalue weighted by atomic mass is 10.1. The van der Waals surface area contributed by atoms with Gasteiger partial charge in [-0.15, -0.1) is 12.4 Å². The molecule has 1 rings (SSSR count). The number of rotatable bonds is 7. The number of nitrogens with one attached hydrogen (secondary N) is 2. The molecule has 114 valence electrons. The van der Waals surface area contributed by atoms with Crippen LogP contribution in [0.4, 0.5) is 8.78 Å². The van der Waals surface area contributed by atoms with Gasteiger partial charge in [-0.25, -0.2) is 8.78 Å². The van der Waals surface area contributed by atoms with E-state index >= 15 is 0 Å². The maximum Gasteiger partial charge on any atom is 0.224 e. The highest BCUT2D eigenvalue weighted by Crippen LogP contribution is 2.14. The van der Waals surface area contributed by atoms with Crippen LogP contribution < -0.4 is 15.4 Å². The van der Waals surface area contributed by atoms with Crippen LogP contribution >= 0.6 is 12.4 Å². The third-order valence-corrected chi connectivity index (χ3v) is 2.52. The third kappa shape index (κ3) is 6.16. The van der Waals surface area contributed by atoms with Crippen LogP contribution in [-0.2, 0) is 4.79 Å². The minimum atomic E-state index is -0.954. The topological polar surface area (TPSA) is 50.4 Å². The lowest BCUT2D eigenvalue weighted by Gasteiger charge is -2.12. The van der Waals surface area contributed by atoms with Crippen molar-refractivity contribution in [2.45, 2.75) is 6.92 Å². The van der Waals surface area contributed by atoms with Gasteiger partial charge >= 0.3 is 0 Å². The van der Waals surface area contributed by atoms with Gasteiger partial charge in [0.25, 0.3) is 0 Å². The molecule has 0 bridgehead atoms. The number of hydrogen-bond donors (Lipinski definition) is 2. The maximum absolute atomic E-state index is 12.9. The fourth-order valence-electron chi connectivity index (χ4n) is 1.48. The SMILES string of the molecule is CNCC(C)C(=O)NCCOc1ccc(F)c(F)c1.Cl. The summed E-state index contributed by atoms with van der Waals surface area (Å²) in [6.45, 7) is 2.91. The van der Waals surface area contributed by atoms with E-state index in [0.717, 1.165) is 12.1 Å². The third-order valence-electron chi connectivity index (χ3n) is 2.52. The van der Waals surface area contributed by atoms with E-state index in [0.29, 0.717) is 13.1 Å². The average Bonchev–Trinajstić information content (AvgIpc) is 2.38. The normalized spacial score (nSPS) is 11.4. The Labute approximate surface area is 123 Å². The van der Waals surface area contributed by atoms with Gasteiger partial charge in [0, 0.05) is 18.5 Å². The summed E-state index contributed by atoms with van der Waals surface area (Å²) in [7, 11) is 1.77. The highest BCUT2D eigenvalue weighted by Gasteiger charge is 2.10. The maximum atomic E-state index is 12.9. The van der Waals surface area contributed by atoms with Crippen LogP contribution in [0.25, 0.3) is 0 Å². The molecule has 0 aliphatic rings. The quantitative estimate of drug-likeness (QED) is 0.754.